The van der Waals surface area contributed by atoms with Crippen molar-refractivity contribution in [3.63, 3.8) is 0 Å². The molecule has 0 fully saturated rings. The maximum absolute atomic E-state index is 11.9. The Morgan fingerprint density at radius 3 is 1.62 bits per heavy atom. The summed E-state index contributed by atoms with van der Waals surface area (Å²) in [6, 6.07) is 25.9. The van der Waals surface area contributed by atoms with Crippen LogP contribution in [0.15, 0.2) is 91.0 Å². The Balaban J connectivity index is 2.09. The van der Waals surface area contributed by atoms with E-state index in [-0.39, 0.29) is 0 Å². The fraction of sp³-hybridized carbons (Fsp3) is 0.0455. The number of carbonyl (C=O) groups excluding carboxylic acids is 1. The summed E-state index contributed by atoms with van der Waals surface area (Å²) in [5, 5.41) is 0. The smallest absolute Gasteiger partial charge is 0.338 e. The molecule has 0 radical (unpaired) electrons. The number of hydrogen-bond acceptors (Lipinski definition) is 2. The molecule has 0 aromatic heterocycles. The van der Waals surface area contributed by atoms with Crippen molar-refractivity contribution >= 4 is 5.97 Å². The summed E-state index contributed by atoms with van der Waals surface area (Å²) >= 11 is 0. The van der Waals surface area contributed by atoms with E-state index >= 15 is 0 Å². The normalized spacial score (nSPS) is 10.2. The molecular weight excluding hydrogens is 296 g/mol. The Kier molecular flexibility index (Phi) is 4.57. The van der Waals surface area contributed by atoms with E-state index in [0.29, 0.717) is 11.3 Å². The van der Waals surface area contributed by atoms with Crippen molar-refractivity contribution in [2.45, 2.75) is 6.92 Å². The summed E-state index contributed by atoms with van der Waals surface area (Å²) in [7, 11) is 0. The molecule has 0 saturated heterocycles. The molecule has 0 bridgehead atoms. The molecule has 0 unspecified atom stereocenters. The van der Waals surface area contributed by atoms with Crippen LogP contribution in [0, 0.1) is 0 Å². The molecule has 3 rings (SSSR count). The van der Waals surface area contributed by atoms with E-state index < -0.39 is 5.97 Å². The van der Waals surface area contributed by atoms with Gasteiger partial charge in [-0.25, -0.2) is 4.79 Å². The average molecular weight is 314 g/mol. The number of ether oxygens (including phenoxy) is 1. The van der Waals surface area contributed by atoms with Gasteiger partial charge in [0.05, 0.1) is 0 Å². The summed E-state index contributed by atoms with van der Waals surface area (Å²) in [5.74, 6) is 0.0995. The van der Waals surface area contributed by atoms with E-state index in [1.165, 1.54) is 0 Å². The van der Waals surface area contributed by atoms with Gasteiger partial charge in [0.15, 0.2) is 0 Å². The van der Waals surface area contributed by atoms with Crippen LogP contribution >= 0.6 is 0 Å². The van der Waals surface area contributed by atoms with Crippen molar-refractivity contribution in [3.8, 4) is 28.0 Å². The summed E-state index contributed by atoms with van der Waals surface area (Å²) < 4.78 is 5.46. The zero-order valence-corrected chi connectivity index (χ0v) is 13.5. The quantitative estimate of drug-likeness (QED) is 0.361. The fourth-order valence-corrected chi connectivity index (χ4v) is 2.45. The van der Waals surface area contributed by atoms with Crippen molar-refractivity contribution in [2.24, 2.45) is 0 Å². The molecule has 0 amide bonds. The molecule has 0 aliphatic heterocycles. The highest BCUT2D eigenvalue weighted by Gasteiger charge is 2.10. The molecule has 0 atom stereocenters. The zero-order valence-electron chi connectivity index (χ0n) is 13.5. The van der Waals surface area contributed by atoms with E-state index in [2.05, 4.69) is 12.6 Å². The van der Waals surface area contributed by atoms with E-state index in [4.69, 9.17) is 4.74 Å². The lowest BCUT2D eigenvalue weighted by molar-refractivity contribution is -0.130. The first-order valence-electron chi connectivity index (χ1n) is 7.77. The lowest BCUT2D eigenvalue weighted by Gasteiger charge is -2.11. The van der Waals surface area contributed by atoms with Crippen LogP contribution in [0.3, 0.4) is 0 Å². The van der Waals surface area contributed by atoms with Gasteiger partial charge in [-0.3, -0.25) is 0 Å². The summed E-state index contributed by atoms with van der Waals surface area (Å²) in [5.41, 5.74) is 4.52. The van der Waals surface area contributed by atoms with Gasteiger partial charge in [0, 0.05) is 5.57 Å². The maximum atomic E-state index is 11.9. The van der Waals surface area contributed by atoms with Crippen LogP contribution in [0.2, 0.25) is 0 Å². The minimum atomic E-state index is -0.417. The third kappa shape index (κ3) is 3.61. The Morgan fingerprint density at radius 2 is 1.21 bits per heavy atom. The predicted octanol–water partition coefficient (Wildman–Crippen LogP) is 5.50. The van der Waals surface area contributed by atoms with Crippen molar-refractivity contribution in [2.75, 3.05) is 0 Å². The molecule has 0 spiro atoms. The van der Waals surface area contributed by atoms with Gasteiger partial charge >= 0.3 is 5.97 Å². The molecule has 118 valence electrons. The maximum Gasteiger partial charge on any atom is 0.338 e. The Hall–Kier alpha value is -3.13. The standard InChI is InChI=1S/C22H18O2/c1-16(2)22(23)24-21-14-19(17-9-5-3-6-10-17)13-20(15-21)18-11-7-4-8-12-18/h3-15H,1H2,2H3. The van der Waals surface area contributed by atoms with Gasteiger partial charge in [0.2, 0.25) is 0 Å². The first-order valence-corrected chi connectivity index (χ1v) is 7.77. The monoisotopic (exact) mass is 314 g/mol. The van der Waals surface area contributed by atoms with Crippen molar-refractivity contribution in [3.05, 3.63) is 91.0 Å². The molecule has 0 saturated carbocycles. The van der Waals surface area contributed by atoms with Gasteiger partial charge in [-0.2, -0.15) is 0 Å². The minimum Gasteiger partial charge on any atom is -0.423 e. The van der Waals surface area contributed by atoms with Crippen LogP contribution in [0.25, 0.3) is 22.3 Å². The van der Waals surface area contributed by atoms with E-state index in [1.807, 2.05) is 72.8 Å². The number of esters is 1. The van der Waals surface area contributed by atoms with E-state index in [1.54, 1.807) is 6.92 Å². The van der Waals surface area contributed by atoms with Crippen molar-refractivity contribution < 1.29 is 9.53 Å². The molecule has 24 heavy (non-hydrogen) atoms. The number of rotatable bonds is 4. The average Bonchev–Trinajstić information content (AvgIpc) is 2.63. The minimum absolute atomic E-state index is 0.376. The van der Waals surface area contributed by atoms with Crippen LogP contribution in [-0.2, 0) is 4.79 Å². The molecule has 2 heteroatoms. The topological polar surface area (TPSA) is 26.3 Å². The summed E-state index contributed by atoms with van der Waals surface area (Å²) in [6.45, 7) is 5.28. The van der Waals surface area contributed by atoms with Gasteiger partial charge in [-0.15, -0.1) is 0 Å². The highest BCUT2D eigenvalue weighted by atomic mass is 16.5. The molecule has 0 heterocycles. The second-order valence-electron chi connectivity index (χ2n) is 5.65. The first-order chi connectivity index (χ1) is 11.6. The zero-order chi connectivity index (χ0) is 16.9. The number of benzene rings is 3. The lowest BCUT2D eigenvalue weighted by Crippen LogP contribution is -2.08. The third-order valence-electron chi connectivity index (χ3n) is 3.68. The number of hydrogen-bond donors (Lipinski definition) is 0. The summed E-state index contributed by atoms with van der Waals surface area (Å²) in [6.07, 6.45) is 0. The van der Waals surface area contributed by atoms with Crippen LogP contribution in [0.1, 0.15) is 6.92 Å². The molecule has 0 aliphatic carbocycles. The second kappa shape index (κ2) is 6.97. The highest BCUT2D eigenvalue weighted by Crippen LogP contribution is 2.31. The summed E-state index contributed by atoms with van der Waals surface area (Å²) in [4.78, 5) is 11.9. The fourth-order valence-electron chi connectivity index (χ4n) is 2.45. The van der Waals surface area contributed by atoms with Crippen LogP contribution in [0.4, 0.5) is 0 Å². The van der Waals surface area contributed by atoms with Crippen molar-refractivity contribution in [1.82, 2.24) is 0 Å². The molecule has 3 aromatic rings. The molecule has 3 aromatic carbocycles. The van der Waals surface area contributed by atoms with Gasteiger partial charge < -0.3 is 4.74 Å². The molecule has 0 aliphatic rings. The van der Waals surface area contributed by atoms with Gasteiger partial charge in [-0.1, -0.05) is 67.2 Å². The van der Waals surface area contributed by atoms with E-state index in [9.17, 15) is 4.79 Å². The molecule has 0 N–H and O–H groups in total. The van der Waals surface area contributed by atoms with Crippen LogP contribution in [-0.4, -0.2) is 5.97 Å². The first kappa shape index (κ1) is 15.8. The van der Waals surface area contributed by atoms with Gasteiger partial charge in [-0.05, 0) is 47.4 Å². The SMILES string of the molecule is C=C(C)C(=O)Oc1cc(-c2ccccc2)cc(-c2ccccc2)c1. The Bertz CT molecular complexity index is 807. The highest BCUT2D eigenvalue weighted by molar-refractivity contribution is 5.89. The Morgan fingerprint density at radius 1 is 0.750 bits per heavy atom. The van der Waals surface area contributed by atoms with Gasteiger partial charge in [0.1, 0.15) is 5.75 Å². The molecule has 2 nitrogen and oxygen atoms in total. The largest absolute Gasteiger partial charge is 0.423 e. The predicted molar refractivity (Wildman–Crippen MR) is 97.8 cm³/mol. The van der Waals surface area contributed by atoms with Crippen molar-refractivity contribution in [1.29, 1.82) is 0 Å². The lowest BCUT2D eigenvalue weighted by atomic mass is 9.98. The third-order valence-corrected chi connectivity index (χ3v) is 3.68. The second-order valence-corrected chi connectivity index (χ2v) is 5.65. The number of carbonyl (C=O) groups is 1. The Labute approximate surface area is 142 Å². The molecular formula is C22H18O2. The van der Waals surface area contributed by atoms with Crippen LogP contribution < -0.4 is 4.74 Å². The van der Waals surface area contributed by atoms with E-state index in [0.717, 1.165) is 22.3 Å². The van der Waals surface area contributed by atoms with Gasteiger partial charge in [0.25, 0.3) is 0 Å². The van der Waals surface area contributed by atoms with Crippen LogP contribution in [0.5, 0.6) is 5.75 Å².